The van der Waals surface area contributed by atoms with Crippen molar-refractivity contribution in [3.63, 3.8) is 0 Å². The molecule has 0 aliphatic carbocycles. The maximum Gasteiger partial charge on any atom is 0.305 e. The third kappa shape index (κ3) is 33.9. The highest BCUT2D eigenvalue weighted by Gasteiger charge is 2.43. The van der Waals surface area contributed by atoms with Crippen molar-refractivity contribution in [2.45, 2.75) is 203 Å². The van der Waals surface area contributed by atoms with Crippen LogP contribution in [-0.4, -0.2) is 283 Å². The molecular weight excluding hydrogens is 1750 g/mol. The average molecular weight is 1860 g/mol. The molecule has 4 aromatic rings. The lowest BCUT2D eigenvalue weighted by molar-refractivity contribution is -0.143. The van der Waals surface area contributed by atoms with E-state index >= 15 is 0 Å². The Hall–Kier alpha value is -12.1. The molecule has 16 amide bonds. The number of nitrogens with two attached hydrogens (primary N) is 4. The van der Waals surface area contributed by atoms with Crippen molar-refractivity contribution in [3.8, 4) is 0 Å². The third-order valence-corrected chi connectivity index (χ3v) is 24.0. The van der Waals surface area contributed by atoms with Crippen LogP contribution in [0, 0.1) is 22.7 Å². The van der Waals surface area contributed by atoms with E-state index in [0.717, 1.165) is 0 Å². The largest absolute Gasteiger partial charge is 0.481 e. The number of aliphatic carboxylic acids is 2. The monoisotopic (exact) mass is 1860 g/mol. The van der Waals surface area contributed by atoms with E-state index in [1.165, 1.54) is 31.4 Å². The van der Waals surface area contributed by atoms with Crippen LogP contribution in [0.5, 0.6) is 0 Å². The minimum Gasteiger partial charge on any atom is -0.481 e. The van der Waals surface area contributed by atoms with Crippen LogP contribution in [0.1, 0.15) is 129 Å². The van der Waals surface area contributed by atoms with Crippen molar-refractivity contribution in [1.82, 2.24) is 94.2 Å². The maximum atomic E-state index is 14.6. The molecule has 48 heteroatoms. The number of likely N-dealkylation sites (tertiary alicyclic amines) is 2. The number of aromatic amines is 2. The summed E-state index contributed by atoms with van der Waals surface area (Å²) in [5.74, 6) is -18.2. The molecule has 2 aromatic heterocycles. The number of primary amides is 2. The van der Waals surface area contributed by atoms with Crippen LogP contribution < -0.4 is 97.4 Å². The van der Waals surface area contributed by atoms with Crippen molar-refractivity contribution in [1.29, 1.82) is 10.8 Å². The lowest BCUT2D eigenvalue weighted by atomic mass is 10.0. The first kappa shape index (κ1) is 105. The Morgan fingerprint density at radius 2 is 0.805 bits per heavy atom. The van der Waals surface area contributed by atoms with E-state index in [9.17, 15) is 96.5 Å². The number of thiol groups is 2. The van der Waals surface area contributed by atoms with Crippen LogP contribution in [0.15, 0.2) is 60.9 Å². The second-order valence-corrected chi connectivity index (χ2v) is 34.7. The van der Waals surface area contributed by atoms with Gasteiger partial charge in [-0.1, -0.05) is 85.7 Å². The lowest BCUT2D eigenvalue weighted by Gasteiger charge is -2.30. The molecule has 2 aliphatic heterocycles. The Balaban J connectivity index is 1.02. The number of hydrogen-bond donors (Lipinski definition) is 26. The quantitative estimate of drug-likeness (QED) is 0.00660. The number of carboxylic acids is 2. The molecule has 2 fully saturated rings. The minimum absolute atomic E-state index is 0.0502. The molecule has 128 heavy (non-hydrogen) atoms. The highest BCUT2D eigenvalue weighted by molar-refractivity contribution is 8.76. The number of para-hydroxylation sites is 2. The zero-order valence-electron chi connectivity index (χ0n) is 71.4. The molecule has 4 heterocycles. The Kier molecular flexibility index (Phi) is 43.3. The first-order chi connectivity index (χ1) is 60.8. The minimum atomic E-state index is -1.85. The fourth-order valence-corrected chi connectivity index (χ4v) is 16.7. The molecule has 0 spiro atoms. The van der Waals surface area contributed by atoms with Gasteiger partial charge >= 0.3 is 11.9 Å². The van der Waals surface area contributed by atoms with Gasteiger partial charge in [0.15, 0.2) is 11.9 Å². The number of guanidine groups is 2. The van der Waals surface area contributed by atoms with Gasteiger partial charge in [0, 0.05) is 109 Å². The van der Waals surface area contributed by atoms with Gasteiger partial charge in [-0.25, -0.2) is 0 Å². The van der Waals surface area contributed by atoms with Gasteiger partial charge in [-0.2, -0.15) is 25.3 Å². The number of nitrogens with zero attached hydrogens (tertiary/aromatic N) is 2. The summed E-state index contributed by atoms with van der Waals surface area (Å²) in [4.78, 5) is 253. The molecule has 0 radical (unpaired) electrons. The van der Waals surface area contributed by atoms with Gasteiger partial charge < -0.3 is 127 Å². The second kappa shape index (κ2) is 52.9. The van der Waals surface area contributed by atoms with E-state index in [1.54, 1.807) is 88.6 Å². The number of carboxylic acid groups (broad SMARTS) is 2. The molecule has 2 aliphatic rings. The molecule has 0 saturated carbocycles. The van der Waals surface area contributed by atoms with Crippen molar-refractivity contribution >= 4 is 187 Å². The summed E-state index contributed by atoms with van der Waals surface area (Å²) < 4.78 is 0. The number of hydrogen-bond acceptors (Lipinski definition) is 24. The van der Waals surface area contributed by atoms with E-state index in [0.29, 0.717) is 58.6 Å². The van der Waals surface area contributed by atoms with Crippen LogP contribution in [0.2, 0.25) is 0 Å². The summed E-state index contributed by atoms with van der Waals surface area (Å²) in [6.07, 6.45) is 2.75. The number of carbonyl (C=O) groups is 18. The van der Waals surface area contributed by atoms with Crippen molar-refractivity contribution in [2.75, 3.05) is 62.3 Å². The van der Waals surface area contributed by atoms with Gasteiger partial charge in [0.05, 0.1) is 25.9 Å². The van der Waals surface area contributed by atoms with Crippen LogP contribution in [0.4, 0.5) is 0 Å². The maximum absolute atomic E-state index is 14.6. The molecule has 28 N–H and O–H groups in total. The summed E-state index contributed by atoms with van der Waals surface area (Å²) in [6, 6.07) is -2.15. The number of carbonyl (C=O) groups excluding carboxylic acids is 16. The second-order valence-electron chi connectivity index (χ2n) is 31.3. The molecule has 44 nitrogen and oxygen atoms in total. The summed E-state index contributed by atoms with van der Waals surface area (Å²) >= 11 is 8.18. The SMILES string of the molecule is CC(C)[C@H](NC(=O)CCSSCCC(=O)N[C@H](C(=O)N[C@@H](CCCCNC(=N)N)C(=O)NCC(=O)N[C@@H](CC(=O)O)C(=O)N[C@@H](Cc1c[nH]c2ccccc12)C(=O)N1CCC[C@H]1C(=O)N[C@@H](CS)C(N)=O)C(C)C)C(=O)N[C@@H](CCCCNC(=N)N)C(=O)NCC(=O)N[C@@H](CC(=O)O)C(=O)N[C@@H](Cc1c[nH]c2ccccc12)C(=O)N1CCC[C@H]1C(=O)N[C@@H](CS)C(N)=O. The van der Waals surface area contributed by atoms with Gasteiger partial charge in [-0.05, 0) is 99.3 Å². The highest BCUT2D eigenvalue weighted by Crippen LogP contribution is 2.27. The summed E-state index contributed by atoms with van der Waals surface area (Å²) in [5.41, 5.74) is 24.3. The first-order valence-corrected chi connectivity index (χ1v) is 45.5. The average Bonchev–Trinajstić information content (AvgIpc) is 1.66. The van der Waals surface area contributed by atoms with Crippen molar-refractivity contribution in [2.24, 2.45) is 34.8 Å². The predicted molar refractivity (Wildman–Crippen MR) is 481 cm³/mol. The Morgan fingerprint density at radius 3 is 1.14 bits per heavy atom. The van der Waals surface area contributed by atoms with Gasteiger partial charge in [0.25, 0.3) is 0 Å². The van der Waals surface area contributed by atoms with Crippen LogP contribution in [0.3, 0.4) is 0 Å². The van der Waals surface area contributed by atoms with E-state index in [-0.39, 0.29) is 125 Å². The van der Waals surface area contributed by atoms with Crippen molar-refractivity contribution in [3.05, 3.63) is 72.1 Å². The number of benzene rings is 2. The number of nitrogens with one attached hydrogen (secondary N) is 18. The predicted octanol–water partition coefficient (Wildman–Crippen LogP) is -3.94. The Morgan fingerprint density at radius 1 is 0.445 bits per heavy atom. The van der Waals surface area contributed by atoms with Gasteiger partial charge in [-0.3, -0.25) is 97.1 Å². The summed E-state index contributed by atoms with van der Waals surface area (Å²) in [5, 5.41) is 71.9. The number of amides is 16. The van der Waals surface area contributed by atoms with Gasteiger partial charge in [-0.15, -0.1) is 0 Å². The van der Waals surface area contributed by atoms with Gasteiger partial charge in [0.1, 0.15) is 72.5 Å². The van der Waals surface area contributed by atoms with Crippen LogP contribution in [0.25, 0.3) is 21.8 Å². The first-order valence-electron chi connectivity index (χ1n) is 41.7. The fourth-order valence-electron chi connectivity index (χ4n) is 14.2. The van der Waals surface area contributed by atoms with Gasteiger partial charge in [0.2, 0.25) is 94.5 Å². The Labute approximate surface area is 756 Å². The van der Waals surface area contributed by atoms with E-state index < -0.39 is 217 Å². The number of fused-ring (bicyclic) bond motifs is 2. The smallest absolute Gasteiger partial charge is 0.305 e. The zero-order chi connectivity index (χ0) is 94.4. The fraction of sp³-hybridized carbons (Fsp3) is 0.550. The zero-order valence-corrected chi connectivity index (χ0v) is 74.8. The third-order valence-electron chi connectivity index (χ3n) is 20.9. The summed E-state index contributed by atoms with van der Waals surface area (Å²) in [6.45, 7) is 5.37. The highest BCUT2D eigenvalue weighted by atomic mass is 33.1. The topological polar surface area (TPSA) is 706 Å². The molecule has 0 unspecified atom stereocenters. The van der Waals surface area contributed by atoms with E-state index in [1.807, 2.05) is 0 Å². The molecule has 2 saturated heterocycles. The lowest BCUT2D eigenvalue weighted by Crippen LogP contribution is -2.59. The molecule has 702 valence electrons. The van der Waals surface area contributed by atoms with E-state index in [4.69, 9.17) is 33.8 Å². The number of aromatic nitrogens is 2. The Bertz CT molecular complexity index is 4350. The normalized spacial score (nSPS) is 15.9. The standard InChI is InChI=1S/C80H118N24O20S4/c1-41(2)65(75(121)95-49(19-9-11-25-87-79(83)84)69(115)91-37-61(107)93-51(33-63(109)110)71(117)97-53(31-43-35-89-47-17-7-5-15-45(43)47)77(123)103-27-13-21-57(103)73(119)99-55(39-125)67(81)113)101-59(105)23-29-127-128-30-24-60(106)102-66(42(3)4)76(122)96-50(20-10-12-26-88-80(85)86)70(116)92-38-62(108)94-52(34-64(111)112)72(118)98-54(32-44-36-90-48-18-8-6-16-46(44)48)78(124)104-28-14-22-58(104)74(120)100-56(40-126)68(82)114/h5-8,15-18,35-36,41-42,49-58,65-66,89-90,125-126H,9-14,19-34,37-40H2,1-4H3,(H2,81,113)(H2,82,114)(H,91,115)(H,92,116)(H,93,107)(H,94,108)(H,95,121)(H,96,122)(H,97,117)(H,98,118)(H,99,119)(H,100,120)(H,101,105)(H,102,106)(H,109,110)(H,111,112)(H4,83,84,87)(H4,85,86,88)/t49-,50-,51-,52-,53-,54-,55-,56-,57-,58-,65-,66-/m0/s1. The number of unbranched alkanes of at least 4 members (excludes halogenated alkanes) is 2. The molecular formula is C80H118N24O20S4. The molecule has 6 rings (SSSR count). The molecule has 0 bridgehead atoms. The molecule has 12 atom stereocenters. The van der Waals surface area contributed by atoms with Crippen molar-refractivity contribution < 1.29 is 96.5 Å². The van der Waals surface area contributed by atoms with Crippen LogP contribution >= 0.6 is 46.8 Å². The number of H-pyrrole nitrogens is 2. The summed E-state index contributed by atoms with van der Waals surface area (Å²) in [7, 11) is 2.43. The number of rotatable bonds is 55. The molecule has 2 aromatic carbocycles. The van der Waals surface area contributed by atoms with E-state index in [2.05, 4.69) is 110 Å². The van der Waals surface area contributed by atoms with Crippen LogP contribution in [-0.2, 0) is 99.1 Å².